The third-order valence-corrected chi connectivity index (χ3v) is 5.04. The first-order chi connectivity index (χ1) is 8.71. The molecule has 18 heavy (non-hydrogen) atoms. The van der Waals surface area contributed by atoms with E-state index >= 15 is 0 Å². The van der Waals surface area contributed by atoms with Crippen LogP contribution < -0.4 is 5.32 Å². The lowest BCUT2D eigenvalue weighted by molar-refractivity contribution is 0.318. The predicted octanol–water partition coefficient (Wildman–Crippen LogP) is 3.22. The van der Waals surface area contributed by atoms with Gasteiger partial charge in [0.2, 0.25) is 0 Å². The Balaban J connectivity index is 1.98. The fourth-order valence-corrected chi connectivity index (χ4v) is 3.32. The minimum atomic E-state index is 0.406. The van der Waals surface area contributed by atoms with Crippen LogP contribution in [-0.4, -0.2) is 27.2 Å². The molecule has 0 aliphatic carbocycles. The number of aliphatic imine (C=N–C) groups is 1. The molecule has 0 radical (unpaired) electrons. The summed E-state index contributed by atoms with van der Waals surface area (Å²) in [6, 6.07) is 0. The number of rotatable bonds is 4. The first kappa shape index (κ1) is 13.5. The van der Waals surface area contributed by atoms with Crippen molar-refractivity contribution in [3.63, 3.8) is 0 Å². The van der Waals surface area contributed by atoms with E-state index in [4.69, 9.17) is 0 Å². The largest absolute Gasteiger partial charge is 0.332 e. The first-order valence-corrected chi connectivity index (χ1v) is 7.66. The topological polar surface area (TPSA) is 42.2 Å². The number of amidine groups is 1. The second-order valence-corrected chi connectivity index (χ2v) is 5.79. The number of nitrogens with one attached hydrogen (secondary N) is 1. The van der Waals surface area contributed by atoms with Crippen LogP contribution in [-0.2, 0) is 6.54 Å². The fourth-order valence-electron chi connectivity index (χ4n) is 2.03. The molecule has 100 valence electrons. The zero-order chi connectivity index (χ0) is 13.0. The Morgan fingerprint density at radius 1 is 1.39 bits per heavy atom. The number of aryl methyl sites for hydroxylation is 1. The highest BCUT2D eigenvalue weighted by atomic mass is 32.2. The van der Waals surface area contributed by atoms with Crippen molar-refractivity contribution < 1.29 is 0 Å². The van der Waals surface area contributed by atoms with Crippen molar-refractivity contribution >= 4 is 22.6 Å². The van der Waals surface area contributed by atoms with Gasteiger partial charge in [0, 0.05) is 25.0 Å². The van der Waals surface area contributed by atoms with Crippen molar-refractivity contribution in [2.24, 2.45) is 10.4 Å². The monoisotopic (exact) mass is 266 g/mol. The summed E-state index contributed by atoms with van der Waals surface area (Å²) < 4.78 is 1.92. The van der Waals surface area contributed by atoms with Crippen LogP contribution in [0.5, 0.6) is 0 Å². The van der Waals surface area contributed by atoms with Crippen molar-refractivity contribution in [3.05, 3.63) is 12.4 Å². The Morgan fingerprint density at radius 3 is 2.67 bits per heavy atom. The first-order valence-electron chi connectivity index (χ1n) is 6.68. The molecule has 0 aromatic carbocycles. The molecule has 0 atom stereocenters. The zero-order valence-electron chi connectivity index (χ0n) is 11.4. The maximum absolute atomic E-state index is 4.69. The summed E-state index contributed by atoms with van der Waals surface area (Å²) >= 11 is 1.83. The van der Waals surface area contributed by atoms with E-state index in [9.17, 15) is 0 Å². The molecule has 0 bridgehead atoms. The molecule has 4 nitrogen and oxygen atoms in total. The van der Waals surface area contributed by atoms with Crippen molar-refractivity contribution in [1.82, 2.24) is 9.78 Å². The second kappa shape index (κ2) is 5.78. The summed E-state index contributed by atoms with van der Waals surface area (Å²) in [6.45, 7) is 8.46. The zero-order valence-corrected chi connectivity index (χ0v) is 12.3. The van der Waals surface area contributed by atoms with Crippen molar-refractivity contribution in [2.75, 3.05) is 17.6 Å². The average Bonchev–Trinajstić information content (AvgIpc) is 2.88. The molecule has 1 aliphatic heterocycles. The quantitative estimate of drug-likeness (QED) is 0.910. The summed E-state index contributed by atoms with van der Waals surface area (Å²) in [7, 11) is 0. The minimum Gasteiger partial charge on any atom is -0.332 e. The highest BCUT2D eigenvalue weighted by Crippen LogP contribution is 2.35. The molecule has 5 heteroatoms. The van der Waals surface area contributed by atoms with Gasteiger partial charge >= 0.3 is 0 Å². The number of thioether (sulfide) groups is 1. The molecule has 0 saturated carbocycles. The third-order valence-electron chi connectivity index (χ3n) is 3.78. The van der Waals surface area contributed by atoms with Crippen molar-refractivity contribution in [2.45, 2.75) is 40.2 Å². The molecule has 1 aromatic heterocycles. The fraction of sp³-hybridized carbons (Fsp3) is 0.692. The van der Waals surface area contributed by atoms with E-state index in [1.807, 2.05) is 28.8 Å². The molecule has 2 heterocycles. The molecule has 2 rings (SSSR count). The maximum Gasteiger partial charge on any atom is 0.161 e. The molecule has 0 fully saturated rings. The van der Waals surface area contributed by atoms with Crippen LogP contribution >= 0.6 is 11.8 Å². The SMILES string of the molecule is CCn1cc(NC2=NCC(CC)(CC)CS2)cn1. The standard InChI is InChI=1S/C13H22N4S/c1-4-13(5-2)9-14-12(18-10-13)16-11-7-15-17(6-3)8-11/h7-8H,4-6,9-10H2,1-3H3,(H,14,16). The van der Waals surface area contributed by atoms with Gasteiger partial charge < -0.3 is 5.32 Å². The third kappa shape index (κ3) is 2.88. The van der Waals surface area contributed by atoms with E-state index in [0.717, 1.165) is 29.7 Å². The van der Waals surface area contributed by atoms with Gasteiger partial charge in [-0.25, -0.2) is 0 Å². The molecule has 1 aromatic rings. The summed E-state index contributed by atoms with van der Waals surface area (Å²) in [6.07, 6.45) is 6.29. The van der Waals surface area contributed by atoms with Crippen molar-refractivity contribution in [3.8, 4) is 0 Å². The lowest BCUT2D eigenvalue weighted by Crippen LogP contribution is -2.32. The van der Waals surface area contributed by atoms with Gasteiger partial charge in [0.1, 0.15) is 0 Å². The highest BCUT2D eigenvalue weighted by Gasteiger charge is 2.30. The predicted molar refractivity (Wildman–Crippen MR) is 79.3 cm³/mol. The number of hydrogen-bond donors (Lipinski definition) is 1. The van der Waals surface area contributed by atoms with Crippen LogP contribution in [0, 0.1) is 5.41 Å². The van der Waals surface area contributed by atoms with Crippen LogP contribution in [0.15, 0.2) is 17.4 Å². The van der Waals surface area contributed by atoms with Gasteiger partial charge in [-0.2, -0.15) is 5.10 Å². The minimum absolute atomic E-state index is 0.406. The Labute approximate surface area is 113 Å². The van der Waals surface area contributed by atoms with E-state index in [-0.39, 0.29) is 0 Å². The number of aromatic nitrogens is 2. The van der Waals surface area contributed by atoms with Crippen LogP contribution in [0.3, 0.4) is 0 Å². The van der Waals surface area contributed by atoms with E-state index < -0.39 is 0 Å². The smallest absolute Gasteiger partial charge is 0.161 e. The second-order valence-electron chi connectivity index (χ2n) is 4.83. The van der Waals surface area contributed by atoms with E-state index in [0.29, 0.717) is 5.41 Å². The molecule has 0 amide bonds. The Kier molecular flexibility index (Phi) is 4.32. The molecular weight excluding hydrogens is 244 g/mol. The van der Waals surface area contributed by atoms with Crippen LogP contribution in [0.2, 0.25) is 0 Å². The number of nitrogens with zero attached hydrogens (tertiary/aromatic N) is 3. The van der Waals surface area contributed by atoms with Gasteiger partial charge in [0.05, 0.1) is 11.9 Å². The summed E-state index contributed by atoms with van der Waals surface area (Å²) in [5, 5.41) is 8.63. The molecule has 1 aliphatic rings. The Bertz CT molecular complexity index is 420. The summed E-state index contributed by atoms with van der Waals surface area (Å²) in [5.41, 5.74) is 1.44. The van der Waals surface area contributed by atoms with Gasteiger partial charge in [0.25, 0.3) is 0 Å². The highest BCUT2D eigenvalue weighted by molar-refractivity contribution is 8.14. The lowest BCUT2D eigenvalue weighted by atomic mass is 9.84. The average molecular weight is 266 g/mol. The maximum atomic E-state index is 4.69. The van der Waals surface area contributed by atoms with E-state index in [1.165, 1.54) is 12.8 Å². The van der Waals surface area contributed by atoms with Gasteiger partial charge in [-0.3, -0.25) is 9.67 Å². The molecule has 1 N–H and O–H groups in total. The Hall–Kier alpha value is -0.970. The Morgan fingerprint density at radius 2 is 2.17 bits per heavy atom. The van der Waals surface area contributed by atoms with Crippen LogP contribution in [0.25, 0.3) is 0 Å². The van der Waals surface area contributed by atoms with Crippen molar-refractivity contribution in [1.29, 1.82) is 0 Å². The van der Waals surface area contributed by atoms with Gasteiger partial charge in [0.15, 0.2) is 5.17 Å². The molecular formula is C13H22N4S. The van der Waals surface area contributed by atoms with Gasteiger partial charge in [-0.1, -0.05) is 25.6 Å². The van der Waals surface area contributed by atoms with Gasteiger partial charge in [-0.05, 0) is 25.2 Å². The summed E-state index contributed by atoms with van der Waals surface area (Å²) in [5.74, 6) is 1.16. The van der Waals surface area contributed by atoms with Crippen LogP contribution in [0.4, 0.5) is 5.69 Å². The normalized spacial score (nSPS) is 18.5. The van der Waals surface area contributed by atoms with E-state index in [1.54, 1.807) is 0 Å². The van der Waals surface area contributed by atoms with Gasteiger partial charge in [-0.15, -0.1) is 0 Å². The number of hydrogen-bond acceptors (Lipinski definition) is 4. The molecule has 0 spiro atoms. The molecule has 0 unspecified atom stereocenters. The summed E-state index contributed by atoms with van der Waals surface area (Å²) in [4.78, 5) is 4.69. The number of anilines is 1. The van der Waals surface area contributed by atoms with E-state index in [2.05, 4.69) is 36.2 Å². The lowest BCUT2D eigenvalue weighted by Gasteiger charge is -2.33. The molecule has 0 saturated heterocycles. The van der Waals surface area contributed by atoms with Crippen LogP contribution in [0.1, 0.15) is 33.6 Å².